The average Bonchev–Trinajstić information content (AvgIpc) is 2.46. The number of carbonyl (C=O) groups excluding carboxylic acids is 1. The van der Waals surface area contributed by atoms with E-state index in [4.69, 9.17) is 4.74 Å². The molecule has 1 amide bonds. The monoisotopic (exact) mass is 323 g/mol. The topological polar surface area (TPSA) is 72.5 Å². The molecule has 0 spiro atoms. The molecule has 0 aliphatic heterocycles. The predicted molar refractivity (Wildman–Crippen MR) is 78.1 cm³/mol. The first-order chi connectivity index (χ1) is 10.4. The molecule has 116 valence electrons. The summed E-state index contributed by atoms with van der Waals surface area (Å²) in [5, 5.41) is 0. The first kappa shape index (κ1) is 16.0. The van der Waals surface area contributed by atoms with Crippen LogP contribution in [0.15, 0.2) is 53.4 Å². The average molecular weight is 323 g/mol. The van der Waals surface area contributed by atoms with Crippen LogP contribution in [0, 0.1) is 12.7 Å². The van der Waals surface area contributed by atoms with E-state index in [1.807, 2.05) is 11.6 Å². The minimum Gasteiger partial charge on any atom is -0.444 e. The van der Waals surface area contributed by atoms with Gasteiger partial charge in [0.1, 0.15) is 12.4 Å². The zero-order valence-corrected chi connectivity index (χ0v) is 12.6. The molecule has 2 rings (SSSR count). The highest BCUT2D eigenvalue weighted by molar-refractivity contribution is 7.90. The molecule has 0 aromatic heterocycles. The van der Waals surface area contributed by atoms with Crippen LogP contribution in [-0.4, -0.2) is 14.5 Å². The number of hydrogen-bond acceptors (Lipinski definition) is 4. The fourth-order valence-electron chi connectivity index (χ4n) is 1.65. The van der Waals surface area contributed by atoms with Gasteiger partial charge in [-0.15, -0.1) is 0 Å². The molecule has 7 heteroatoms. The van der Waals surface area contributed by atoms with Crippen molar-refractivity contribution in [2.24, 2.45) is 0 Å². The van der Waals surface area contributed by atoms with Crippen molar-refractivity contribution in [3.63, 3.8) is 0 Å². The number of rotatable bonds is 4. The van der Waals surface area contributed by atoms with Gasteiger partial charge in [-0.05, 0) is 36.8 Å². The summed E-state index contributed by atoms with van der Waals surface area (Å²) in [6, 6.07) is 11.4. The second-order valence-electron chi connectivity index (χ2n) is 4.62. The molecule has 22 heavy (non-hydrogen) atoms. The molecular formula is C15H14FNO4S. The molecule has 5 nitrogen and oxygen atoms in total. The summed E-state index contributed by atoms with van der Waals surface area (Å²) in [6.07, 6.45) is -1.09. The first-order valence-corrected chi connectivity index (χ1v) is 7.86. The van der Waals surface area contributed by atoms with Crippen LogP contribution in [0.1, 0.15) is 11.1 Å². The number of nitrogens with one attached hydrogen (secondary N) is 1. The van der Waals surface area contributed by atoms with Crippen molar-refractivity contribution >= 4 is 16.1 Å². The van der Waals surface area contributed by atoms with Crippen molar-refractivity contribution in [2.75, 3.05) is 0 Å². The Hall–Kier alpha value is -2.41. The van der Waals surface area contributed by atoms with Crippen LogP contribution < -0.4 is 4.72 Å². The van der Waals surface area contributed by atoms with Crippen LogP contribution in [0.3, 0.4) is 0 Å². The van der Waals surface area contributed by atoms with Gasteiger partial charge in [-0.25, -0.2) is 22.3 Å². The Labute approximate surface area is 127 Å². The Morgan fingerprint density at radius 3 is 2.27 bits per heavy atom. The number of hydrogen-bond donors (Lipinski definition) is 1. The predicted octanol–water partition coefficient (Wildman–Crippen LogP) is 2.75. The second-order valence-corrected chi connectivity index (χ2v) is 6.30. The molecule has 1 N–H and O–H groups in total. The molecule has 0 atom stereocenters. The van der Waals surface area contributed by atoms with Gasteiger partial charge in [-0.1, -0.05) is 29.8 Å². The smallest absolute Gasteiger partial charge is 0.421 e. The SMILES string of the molecule is Cc1ccc(S(=O)(=O)NC(=O)OCc2ccc(F)cc2)cc1. The van der Waals surface area contributed by atoms with Crippen molar-refractivity contribution in [3.8, 4) is 0 Å². The van der Waals surface area contributed by atoms with E-state index in [9.17, 15) is 17.6 Å². The minimum absolute atomic E-state index is 0.0307. The largest absolute Gasteiger partial charge is 0.444 e. The lowest BCUT2D eigenvalue weighted by molar-refractivity contribution is 0.146. The van der Waals surface area contributed by atoms with E-state index >= 15 is 0 Å². The van der Waals surface area contributed by atoms with E-state index in [2.05, 4.69) is 0 Å². The van der Waals surface area contributed by atoms with E-state index in [0.717, 1.165) is 5.56 Å². The van der Waals surface area contributed by atoms with Crippen LogP contribution in [0.25, 0.3) is 0 Å². The highest BCUT2D eigenvalue weighted by atomic mass is 32.2. The molecule has 0 heterocycles. The lowest BCUT2D eigenvalue weighted by Gasteiger charge is -2.08. The molecule has 0 aliphatic carbocycles. The van der Waals surface area contributed by atoms with Crippen LogP contribution in [0.4, 0.5) is 9.18 Å². The summed E-state index contributed by atoms with van der Waals surface area (Å²) in [5.41, 5.74) is 1.45. The Morgan fingerprint density at radius 1 is 1.09 bits per heavy atom. The molecule has 0 unspecified atom stereocenters. The fourth-order valence-corrected chi connectivity index (χ4v) is 2.54. The molecule has 2 aromatic rings. The van der Waals surface area contributed by atoms with E-state index in [0.29, 0.717) is 5.56 Å². The molecule has 0 fully saturated rings. The molecule has 0 bridgehead atoms. The third kappa shape index (κ3) is 4.29. The van der Waals surface area contributed by atoms with Gasteiger partial charge in [0.2, 0.25) is 0 Å². The van der Waals surface area contributed by atoms with Gasteiger partial charge in [0.25, 0.3) is 10.0 Å². The van der Waals surface area contributed by atoms with Crippen molar-refractivity contribution in [2.45, 2.75) is 18.4 Å². The molecular weight excluding hydrogens is 309 g/mol. The van der Waals surface area contributed by atoms with Crippen LogP contribution in [0.5, 0.6) is 0 Å². The zero-order chi connectivity index (χ0) is 16.2. The van der Waals surface area contributed by atoms with Gasteiger partial charge in [-0.3, -0.25) is 0 Å². The van der Waals surface area contributed by atoms with E-state index in [1.54, 1.807) is 12.1 Å². The molecule has 2 aromatic carbocycles. The molecule has 0 radical (unpaired) electrons. The van der Waals surface area contributed by atoms with E-state index < -0.39 is 21.9 Å². The van der Waals surface area contributed by atoms with Crippen molar-refractivity contribution in [1.82, 2.24) is 4.72 Å². The highest BCUT2D eigenvalue weighted by Gasteiger charge is 2.18. The number of sulfonamides is 1. The summed E-state index contributed by atoms with van der Waals surface area (Å²) in [7, 11) is -3.97. The van der Waals surface area contributed by atoms with Crippen molar-refractivity contribution in [1.29, 1.82) is 0 Å². The maximum atomic E-state index is 12.7. The standard InChI is InChI=1S/C15H14FNO4S/c1-11-2-8-14(9-3-11)22(19,20)17-15(18)21-10-12-4-6-13(16)7-5-12/h2-9H,10H2,1H3,(H,17,18). The highest BCUT2D eigenvalue weighted by Crippen LogP contribution is 2.10. The van der Waals surface area contributed by atoms with Gasteiger partial charge in [0, 0.05) is 0 Å². The summed E-state index contributed by atoms with van der Waals surface area (Å²) in [6.45, 7) is 1.66. The summed E-state index contributed by atoms with van der Waals surface area (Å²) in [4.78, 5) is 11.5. The molecule has 0 aliphatic rings. The Morgan fingerprint density at radius 2 is 1.68 bits per heavy atom. The van der Waals surface area contributed by atoms with Crippen LogP contribution in [-0.2, 0) is 21.4 Å². The van der Waals surface area contributed by atoms with Gasteiger partial charge in [-0.2, -0.15) is 0 Å². The van der Waals surface area contributed by atoms with Gasteiger partial charge in [0.05, 0.1) is 4.90 Å². The minimum atomic E-state index is -3.97. The summed E-state index contributed by atoms with van der Waals surface area (Å²) >= 11 is 0. The normalized spacial score (nSPS) is 11.0. The lowest BCUT2D eigenvalue weighted by atomic mass is 10.2. The van der Waals surface area contributed by atoms with Gasteiger partial charge >= 0.3 is 6.09 Å². The van der Waals surface area contributed by atoms with Crippen LogP contribution >= 0.6 is 0 Å². The zero-order valence-electron chi connectivity index (χ0n) is 11.7. The number of halogens is 1. The maximum absolute atomic E-state index is 12.7. The third-order valence-electron chi connectivity index (χ3n) is 2.83. The number of amides is 1. The fraction of sp³-hybridized carbons (Fsp3) is 0.133. The number of benzene rings is 2. The Kier molecular flexibility index (Phi) is 4.77. The second kappa shape index (κ2) is 6.57. The van der Waals surface area contributed by atoms with Crippen molar-refractivity contribution in [3.05, 3.63) is 65.5 Å². The Bertz CT molecular complexity index is 755. The maximum Gasteiger partial charge on any atom is 0.421 e. The van der Waals surface area contributed by atoms with Crippen LogP contribution in [0.2, 0.25) is 0 Å². The van der Waals surface area contributed by atoms with Gasteiger partial charge in [0.15, 0.2) is 0 Å². The molecule has 0 saturated carbocycles. The third-order valence-corrected chi connectivity index (χ3v) is 4.16. The molecule has 0 saturated heterocycles. The number of carbonyl (C=O) groups is 1. The number of aryl methyl sites for hydroxylation is 1. The summed E-state index contributed by atoms with van der Waals surface area (Å²) in [5.74, 6) is -0.407. The quantitative estimate of drug-likeness (QED) is 0.939. The lowest BCUT2D eigenvalue weighted by Crippen LogP contribution is -2.31. The van der Waals surface area contributed by atoms with Crippen molar-refractivity contribution < 1.29 is 22.3 Å². The Balaban J connectivity index is 1.96. The number of ether oxygens (including phenoxy) is 1. The van der Waals surface area contributed by atoms with E-state index in [-0.39, 0.29) is 11.5 Å². The van der Waals surface area contributed by atoms with Gasteiger partial charge < -0.3 is 4.74 Å². The van der Waals surface area contributed by atoms with E-state index in [1.165, 1.54) is 36.4 Å². The first-order valence-electron chi connectivity index (χ1n) is 6.37. The summed E-state index contributed by atoms with van der Waals surface area (Å²) < 4.78 is 43.2.